The maximum Gasteiger partial charge on any atom is 0.0653 e. The van der Waals surface area contributed by atoms with Gasteiger partial charge in [0.1, 0.15) is 0 Å². The molecule has 0 aromatic heterocycles. The van der Waals surface area contributed by atoms with Crippen molar-refractivity contribution < 1.29 is 5.11 Å². The third-order valence-corrected chi connectivity index (χ3v) is 6.22. The fourth-order valence-electron chi connectivity index (χ4n) is 4.75. The van der Waals surface area contributed by atoms with Crippen molar-refractivity contribution in [3.63, 3.8) is 0 Å². The van der Waals surface area contributed by atoms with E-state index in [1.165, 1.54) is 43.3 Å². The standard InChI is InChI=1S/C20H34O/c1-15(2)8-6-9-16(3)17-10-13-19(4)11-7-12-20(5,21)18(19)14-17/h8-9,17-18,21H,6-7,10-14H2,1-5H3/b16-9+/t17-,18+,19+,20+/m0/s1. The monoisotopic (exact) mass is 290 g/mol. The highest BCUT2D eigenvalue weighted by atomic mass is 16.3. The molecule has 2 fully saturated rings. The zero-order chi connectivity index (χ0) is 15.7. The molecule has 2 aliphatic rings. The summed E-state index contributed by atoms with van der Waals surface area (Å²) in [7, 11) is 0. The molecular formula is C20H34O. The molecule has 0 heterocycles. The number of fused-ring (bicyclic) bond motifs is 1. The van der Waals surface area contributed by atoms with Crippen molar-refractivity contribution >= 4 is 0 Å². The topological polar surface area (TPSA) is 20.2 Å². The van der Waals surface area contributed by atoms with E-state index in [4.69, 9.17) is 0 Å². The van der Waals surface area contributed by atoms with Gasteiger partial charge >= 0.3 is 0 Å². The predicted molar refractivity (Wildman–Crippen MR) is 91.2 cm³/mol. The number of hydrogen-bond acceptors (Lipinski definition) is 1. The van der Waals surface area contributed by atoms with Crippen molar-refractivity contribution in [2.75, 3.05) is 0 Å². The van der Waals surface area contributed by atoms with Crippen LogP contribution in [0.15, 0.2) is 23.3 Å². The lowest BCUT2D eigenvalue weighted by atomic mass is 9.53. The van der Waals surface area contributed by atoms with Crippen molar-refractivity contribution in [1.29, 1.82) is 0 Å². The molecule has 1 heteroatoms. The van der Waals surface area contributed by atoms with E-state index in [1.54, 1.807) is 0 Å². The normalized spacial score (nSPS) is 40.6. The average molecular weight is 290 g/mol. The fourth-order valence-corrected chi connectivity index (χ4v) is 4.75. The summed E-state index contributed by atoms with van der Waals surface area (Å²) in [6.45, 7) is 11.1. The van der Waals surface area contributed by atoms with Gasteiger partial charge in [0.2, 0.25) is 0 Å². The molecule has 0 aromatic carbocycles. The second kappa shape index (κ2) is 6.28. The maximum absolute atomic E-state index is 10.9. The molecule has 2 rings (SSSR count). The lowest BCUT2D eigenvalue weighted by molar-refractivity contribution is -0.120. The second-order valence-corrected chi connectivity index (χ2v) is 8.35. The zero-order valence-corrected chi connectivity index (χ0v) is 14.7. The van der Waals surface area contributed by atoms with Crippen LogP contribution in [0.4, 0.5) is 0 Å². The Morgan fingerprint density at radius 1 is 1.10 bits per heavy atom. The highest BCUT2D eigenvalue weighted by molar-refractivity contribution is 5.12. The molecule has 120 valence electrons. The molecule has 21 heavy (non-hydrogen) atoms. The van der Waals surface area contributed by atoms with Gasteiger partial charge in [0.15, 0.2) is 0 Å². The van der Waals surface area contributed by atoms with Crippen LogP contribution < -0.4 is 0 Å². The zero-order valence-electron chi connectivity index (χ0n) is 14.7. The largest absolute Gasteiger partial charge is 0.390 e. The Balaban J connectivity index is 2.07. The average Bonchev–Trinajstić information content (AvgIpc) is 2.37. The van der Waals surface area contributed by atoms with Crippen molar-refractivity contribution in [3.05, 3.63) is 23.3 Å². The SMILES string of the molecule is CC(C)=CC/C=C(\C)[C@H]1CC[C@@]2(C)CCC[C@@](C)(O)[C@@H]2C1. The Kier molecular flexibility index (Phi) is 5.03. The van der Waals surface area contributed by atoms with Gasteiger partial charge in [-0.3, -0.25) is 0 Å². The van der Waals surface area contributed by atoms with Gasteiger partial charge in [-0.2, -0.15) is 0 Å². The molecule has 2 saturated carbocycles. The van der Waals surface area contributed by atoms with Gasteiger partial charge in [-0.1, -0.05) is 36.6 Å². The number of rotatable bonds is 3. The van der Waals surface area contributed by atoms with Crippen molar-refractivity contribution in [3.8, 4) is 0 Å². The predicted octanol–water partition coefficient (Wildman–Crippen LogP) is 5.65. The van der Waals surface area contributed by atoms with E-state index >= 15 is 0 Å². The molecule has 0 spiro atoms. The summed E-state index contributed by atoms with van der Waals surface area (Å²) >= 11 is 0. The lowest BCUT2D eigenvalue weighted by Gasteiger charge is -2.54. The van der Waals surface area contributed by atoms with E-state index in [2.05, 4.69) is 46.8 Å². The minimum absolute atomic E-state index is 0.373. The van der Waals surface area contributed by atoms with Crippen LogP contribution >= 0.6 is 0 Å². The molecular weight excluding hydrogens is 256 g/mol. The van der Waals surface area contributed by atoms with Crippen LogP contribution in [0.3, 0.4) is 0 Å². The number of hydrogen-bond donors (Lipinski definition) is 1. The maximum atomic E-state index is 10.9. The first-order valence-electron chi connectivity index (χ1n) is 8.77. The Morgan fingerprint density at radius 2 is 1.81 bits per heavy atom. The van der Waals surface area contributed by atoms with Gasteiger partial charge in [0.05, 0.1) is 5.60 Å². The Hall–Kier alpha value is -0.560. The van der Waals surface area contributed by atoms with Gasteiger partial charge in [0, 0.05) is 0 Å². The van der Waals surface area contributed by atoms with Crippen LogP contribution in [-0.4, -0.2) is 10.7 Å². The third kappa shape index (κ3) is 3.80. The Morgan fingerprint density at radius 3 is 2.48 bits per heavy atom. The van der Waals surface area contributed by atoms with E-state index in [9.17, 15) is 5.11 Å². The highest BCUT2D eigenvalue weighted by Gasteiger charge is 2.50. The first kappa shape index (κ1) is 16.8. The van der Waals surface area contributed by atoms with Gasteiger partial charge in [-0.25, -0.2) is 0 Å². The lowest BCUT2D eigenvalue weighted by Crippen LogP contribution is -2.51. The van der Waals surface area contributed by atoms with Crippen LogP contribution in [0.1, 0.15) is 79.6 Å². The van der Waals surface area contributed by atoms with Crippen LogP contribution in [0, 0.1) is 17.3 Å². The van der Waals surface area contributed by atoms with Crippen LogP contribution in [0.25, 0.3) is 0 Å². The van der Waals surface area contributed by atoms with Gasteiger partial charge in [-0.05, 0) is 83.5 Å². The first-order valence-corrected chi connectivity index (χ1v) is 8.77. The minimum Gasteiger partial charge on any atom is -0.390 e. The van der Waals surface area contributed by atoms with E-state index < -0.39 is 5.60 Å². The summed E-state index contributed by atoms with van der Waals surface area (Å²) in [6, 6.07) is 0. The highest BCUT2D eigenvalue weighted by Crippen LogP contribution is 2.56. The molecule has 4 atom stereocenters. The van der Waals surface area contributed by atoms with E-state index in [1.807, 2.05) is 0 Å². The number of aliphatic hydroxyl groups is 1. The molecule has 0 amide bonds. The van der Waals surface area contributed by atoms with Gasteiger partial charge in [0.25, 0.3) is 0 Å². The first-order chi connectivity index (χ1) is 9.74. The van der Waals surface area contributed by atoms with Crippen LogP contribution in [-0.2, 0) is 0 Å². The van der Waals surface area contributed by atoms with E-state index in [0.29, 0.717) is 17.3 Å². The summed E-state index contributed by atoms with van der Waals surface area (Å²) in [4.78, 5) is 0. The van der Waals surface area contributed by atoms with Gasteiger partial charge in [-0.15, -0.1) is 0 Å². The minimum atomic E-state index is -0.453. The van der Waals surface area contributed by atoms with E-state index in [-0.39, 0.29) is 0 Å². The fraction of sp³-hybridized carbons (Fsp3) is 0.800. The smallest absolute Gasteiger partial charge is 0.0653 e. The Labute approximate surface area is 131 Å². The summed E-state index contributed by atoms with van der Waals surface area (Å²) in [6.07, 6.45) is 13.0. The number of allylic oxidation sites excluding steroid dienone is 4. The molecule has 0 aromatic rings. The molecule has 1 N–H and O–H groups in total. The van der Waals surface area contributed by atoms with Crippen LogP contribution in [0.2, 0.25) is 0 Å². The van der Waals surface area contributed by atoms with Crippen molar-refractivity contribution in [2.24, 2.45) is 17.3 Å². The molecule has 0 aliphatic heterocycles. The second-order valence-electron chi connectivity index (χ2n) is 8.35. The summed E-state index contributed by atoms with van der Waals surface area (Å²) in [5.74, 6) is 1.16. The summed E-state index contributed by atoms with van der Waals surface area (Å²) in [5, 5.41) is 10.9. The van der Waals surface area contributed by atoms with E-state index in [0.717, 1.165) is 12.8 Å². The van der Waals surface area contributed by atoms with Crippen molar-refractivity contribution in [2.45, 2.75) is 85.2 Å². The summed E-state index contributed by atoms with van der Waals surface area (Å²) in [5.41, 5.74) is 2.85. The van der Waals surface area contributed by atoms with Crippen molar-refractivity contribution in [1.82, 2.24) is 0 Å². The Bertz CT molecular complexity index is 425. The third-order valence-electron chi connectivity index (χ3n) is 6.22. The molecule has 0 bridgehead atoms. The van der Waals surface area contributed by atoms with Crippen LogP contribution in [0.5, 0.6) is 0 Å². The quantitative estimate of drug-likeness (QED) is 0.666. The van der Waals surface area contributed by atoms with Gasteiger partial charge < -0.3 is 5.11 Å². The molecule has 0 unspecified atom stereocenters. The molecule has 1 nitrogen and oxygen atoms in total. The summed E-state index contributed by atoms with van der Waals surface area (Å²) < 4.78 is 0. The molecule has 0 radical (unpaired) electrons. The molecule has 2 aliphatic carbocycles. The molecule has 0 saturated heterocycles.